The van der Waals surface area contributed by atoms with Crippen LogP contribution in [0.1, 0.15) is 37.8 Å². The minimum Gasteiger partial charge on any atom is -0.349 e. The van der Waals surface area contributed by atoms with Gasteiger partial charge in [0.15, 0.2) is 0 Å². The third-order valence-corrected chi connectivity index (χ3v) is 7.25. The van der Waals surface area contributed by atoms with Crippen molar-refractivity contribution in [1.29, 1.82) is 0 Å². The minimum absolute atomic E-state index is 0.000425. The molecule has 0 radical (unpaired) electrons. The van der Waals surface area contributed by atoms with Crippen LogP contribution in [0, 0.1) is 0 Å². The molecule has 1 fully saturated rings. The van der Waals surface area contributed by atoms with Crippen molar-refractivity contribution in [2.45, 2.75) is 37.1 Å². The summed E-state index contributed by atoms with van der Waals surface area (Å²) in [6, 6.07) is 13.1. The molecule has 30 heavy (non-hydrogen) atoms. The molecule has 1 atom stereocenters. The fourth-order valence-electron chi connectivity index (χ4n) is 3.43. The zero-order chi connectivity index (χ0) is 21.7. The Kier molecular flexibility index (Phi) is 7.12. The highest BCUT2D eigenvalue weighted by molar-refractivity contribution is 7.89. The number of nitrogens with one attached hydrogen (secondary N) is 2. The van der Waals surface area contributed by atoms with Crippen LogP contribution in [0.25, 0.3) is 0 Å². The highest BCUT2D eigenvalue weighted by Gasteiger charge is 2.29. The average molecular weight is 450 g/mol. The van der Waals surface area contributed by atoms with Crippen LogP contribution in [0.15, 0.2) is 53.4 Å². The first-order valence-corrected chi connectivity index (χ1v) is 11.5. The molecule has 9 heteroatoms. The molecule has 160 valence electrons. The second-order valence-electron chi connectivity index (χ2n) is 7.17. The molecule has 1 aliphatic heterocycles. The van der Waals surface area contributed by atoms with Crippen molar-refractivity contribution in [1.82, 2.24) is 9.62 Å². The number of hydrogen-bond acceptors (Lipinski definition) is 4. The van der Waals surface area contributed by atoms with Crippen LogP contribution in [0.3, 0.4) is 0 Å². The maximum absolute atomic E-state index is 12.9. The molecular weight excluding hydrogens is 426 g/mol. The minimum atomic E-state index is -3.72. The Morgan fingerprint density at radius 2 is 1.77 bits per heavy atom. The quantitative estimate of drug-likeness (QED) is 0.677. The van der Waals surface area contributed by atoms with Crippen molar-refractivity contribution in [2.24, 2.45) is 0 Å². The fourth-order valence-corrected chi connectivity index (χ4v) is 5.44. The second-order valence-corrected chi connectivity index (χ2v) is 9.49. The molecule has 1 aliphatic rings. The summed E-state index contributed by atoms with van der Waals surface area (Å²) in [5.74, 6) is -0.605. The molecule has 2 aromatic rings. The van der Waals surface area contributed by atoms with Gasteiger partial charge in [0.2, 0.25) is 21.8 Å². The lowest BCUT2D eigenvalue weighted by Crippen LogP contribution is -2.30. The molecule has 1 saturated heterocycles. The van der Waals surface area contributed by atoms with Crippen molar-refractivity contribution in [3.05, 3.63) is 59.1 Å². The van der Waals surface area contributed by atoms with Crippen LogP contribution in [0.2, 0.25) is 5.02 Å². The molecule has 2 amide bonds. The maximum Gasteiger partial charge on any atom is 0.244 e. The molecule has 0 saturated carbocycles. The van der Waals surface area contributed by atoms with Crippen molar-refractivity contribution in [2.75, 3.05) is 18.4 Å². The smallest absolute Gasteiger partial charge is 0.244 e. The lowest BCUT2D eigenvalue weighted by molar-refractivity contribution is -0.120. The van der Waals surface area contributed by atoms with Gasteiger partial charge >= 0.3 is 0 Å². The first-order chi connectivity index (χ1) is 14.3. The molecule has 1 unspecified atom stereocenters. The zero-order valence-electron chi connectivity index (χ0n) is 16.6. The molecule has 0 aliphatic carbocycles. The molecule has 3 rings (SSSR count). The SMILES string of the molecule is CC(=O)NC(CC(=O)Nc1ccc(Cl)c(S(=O)(=O)N2CCCC2)c1)c1ccccc1. The number of carbonyl (C=O) groups is 2. The van der Waals surface area contributed by atoms with Gasteiger partial charge in [-0.2, -0.15) is 4.31 Å². The topological polar surface area (TPSA) is 95.6 Å². The summed E-state index contributed by atoms with van der Waals surface area (Å²) in [6.45, 7) is 2.32. The van der Waals surface area contributed by atoms with Crippen molar-refractivity contribution >= 4 is 39.1 Å². The van der Waals surface area contributed by atoms with E-state index in [0.29, 0.717) is 18.8 Å². The normalized spacial score (nSPS) is 15.5. The average Bonchev–Trinajstić information content (AvgIpc) is 3.25. The van der Waals surface area contributed by atoms with E-state index in [1.54, 1.807) is 6.07 Å². The Hall–Kier alpha value is -2.42. The third kappa shape index (κ3) is 5.38. The molecule has 0 bridgehead atoms. The number of rotatable bonds is 7. The standard InChI is InChI=1S/C21H24ClN3O4S/c1-15(26)23-19(16-7-3-2-4-8-16)14-21(27)24-17-9-10-18(22)20(13-17)30(28,29)25-11-5-6-12-25/h2-4,7-10,13,19H,5-6,11-12,14H2,1H3,(H,23,26)(H,24,27). The Morgan fingerprint density at radius 1 is 1.10 bits per heavy atom. The van der Waals surface area contributed by atoms with Gasteiger partial charge in [0, 0.05) is 25.7 Å². The molecule has 7 nitrogen and oxygen atoms in total. The molecule has 2 aromatic carbocycles. The third-order valence-electron chi connectivity index (χ3n) is 4.87. The zero-order valence-corrected chi connectivity index (χ0v) is 18.2. The summed E-state index contributed by atoms with van der Waals surface area (Å²) in [5, 5.41) is 5.60. The highest BCUT2D eigenvalue weighted by atomic mass is 35.5. The van der Waals surface area contributed by atoms with E-state index in [9.17, 15) is 18.0 Å². The predicted octanol–water partition coefficient (Wildman–Crippen LogP) is 3.33. The number of nitrogens with zero attached hydrogens (tertiary/aromatic N) is 1. The molecular formula is C21H24ClN3O4S. The van der Waals surface area contributed by atoms with Gasteiger partial charge in [-0.25, -0.2) is 8.42 Å². The second kappa shape index (κ2) is 9.59. The van der Waals surface area contributed by atoms with E-state index >= 15 is 0 Å². The van der Waals surface area contributed by atoms with Gasteiger partial charge in [-0.3, -0.25) is 9.59 Å². The number of amides is 2. The number of halogens is 1. The van der Waals surface area contributed by atoms with Gasteiger partial charge < -0.3 is 10.6 Å². The summed E-state index contributed by atoms with van der Waals surface area (Å²) >= 11 is 6.15. The Balaban J connectivity index is 1.77. The van der Waals surface area contributed by atoms with Gasteiger partial charge in [-0.05, 0) is 36.6 Å². The number of sulfonamides is 1. The highest BCUT2D eigenvalue weighted by Crippen LogP contribution is 2.30. The van der Waals surface area contributed by atoms with E-state index in [0.717, 1.165) is 18.4 Å². The number of anilines is 1. The van der Waals surface area contributed by atoms with E-state index in [4.69, 9.17) is 11.6 Å². The molecule has 0 aromatic heterocycles. The van der Waals surface area contributed by atoms with E-state index in [1.807, 2.05) is 30.3 Å². The lowest BCUT2D eigenvalue weighted by atomic mass is 10.0. The van der Waals surface area contributed by atoms with Crippen LogP contribution in [-0.4, -0.2) is 37.6 Å². The van der Waals surface area contributed by atoms with Gasteiger partial charge in [0.1, 0.15) is 4.90 Å². The predicted molar refractivity (Wildman–Crippen MR) is 116 cm³/mol. The van der Waals surface area contributed by atoms with Crippen LogP contribution < -0.4 is 10.6 Å². The van der Waals surface area contributed by atoms with Crippen LogP contribution in [0.4, 0.5) is 5.69 Å². The van der Waals surface area contributed by atoms with Crippen LogP contribution >= 0.6 is 11.6 Å². The molecule has 2 N–H and O–H groups in total. The molecule has 1 heterocycles. The number of benzene rings is 2. The Morgan fingerprint density at radius 3 is 2.40 bits per heavy atom. The van der Waals surface area contributed by atoms with E-state index < -0.39 is 16.1 Å². The van der Waals surface area contributed by atoms with Gasteiger partial charge in [0.25, 0.3) is 0 Å². The van der Waals surface area contributed by atoms with Gasteiger partial charge in [-0.15, -0.1) is 0 Å². The van der Waals surface area contributed by atoms with E-state index in [-0.39, 0.29) is 28.2 Å². The lowest BCUT2D eigenvalue weighted by Gasteiger charge is -2.19. The van der Waals surface area contributed by atoms with Gasteiger partial charge in [-0.1, -0.05) is 41.9 Å². The summed E-state index contributed by atoms with van der Waals surface area (Å²) in [6.07, 6.45) is 1.63. The molecule has 0 spiro atoms. The van der Waals surface area contributed by atoms with Crippen molar-refractivity contribution in [3.8, 4) is 0 Å². The van der Waals surface area contributed by atoms with Crippen molar-refractivity contribution in [3.63, 3.8) is 0 Å². The van der Waals surface area contributed by atoms with E-state index in [2.05, 4.69) is 10.6 Å². The first kappa shape index (κ1) is 22.3. The Labute approximate surface area is 181 Å². The fraction of sp³-hybridized carbons (Fsp3) is 0.333. The van der Waals surface area contributed by atoms with E-state index in [1.165, 1.54) is 23.4 Å². The summed E-state index contributed by atoms with van der Waals surface area (Å²) in [4.78, 5) is 24.2. The summed E-state index contributed by atoms with van der Waals surface area (Å²) in [7, 11) is -3.72. The number of carbonyl (C=O) groups excluding carboxylic acids is 2. The maximum atomic E-state index is 12.9. The summed E-state index contributed by atoms with van der Waals surface area (Å²) in [5.41, 5.74) is 1.13. The van der Waals surface area contributed by atoms with Crippen LogP contribution in [0.5, 0.6) is 0 Å². The van der Waals surface area contributed by atoms with Crippen molar-refractivity contribution < 1.29 is 18.0 Å². The first-order valence-electron chi connectivity index (χ1n) is 9.69. The monoisotopic (exact) mass is 449 g/mol. The van der Waals surface area contributed by atoms with Crippen LogP contribution in [-0.2, 0) is 19.6 Å². The summed E-state index contributed by atoms with van der Waals surface area (Å²) < 4.78 is 27.1. The largest absolute Gasteiger partial charge is 0.349 e. The Bertz CT molecular complexity index is 1020. The van der Waals surface area contributed by atoms with Gasteiger partial charge in [0.05, 0.1) is 17.5 Å². The number of hydrogen-bond donors (Lipinski definition) is 2.